The van der Waals surface area contributed by atoms with Crippen LogP contribution >= 0.6 is 0 Å². The number of nitrogens with two attached hydrogens (primary N) is 1. The van der Waals surface area contributed by atoms with Gasteiger partial charge < -0.3 is 20.3 Å². The van der Waals surface area contributed by atoms with Gasteiger partial charge in [-0.1, -0.05) is 13.3 Å². The molecule has 3 atom stereocenters. The molecule has 15 heavy (non-hydrogen) atoms. The van der Waals surface area contributed by atoms with E-state index in [1.54, 1.807) is 0 Å². The molecule has 3 unspecified atom stereocenters. The lowest BCUT2D eigenvalue weighted by Gasteiger charge is -2.25. The van der Waals surface area contributed by atoms with Crippen molar-refractivity contribution >= 4 is 0 Å². The SMILES string of the molecule is CCCC(N)C(CO)OC(C)COCC. The van der Waals surface area contributed by atoms with Gasteiger partial charge in [0.2, 0.25) is 0 Å². The minimum Gasteiger partial charge on any atom is -0.394 e. The molecular weight excluding hydrogens is 194 g/mol. The molecule has 0 spiro atoms. The van der Waals surface area contributed by atoms with Crippen LogP contribution < -0.4 is 5.73 Å². The highest BCUT2D eigenvalue weighted by atomic mass is 16.5. The van der Waals surface area contributed by atoms with Crippen LogP contribution in [-0.2, 0) is 9.47 Å². The van der Waals surface area contributed by atoms with E-state index in [1.807, 2.05) is 13.8 Å². The molecule has 4 heteroatoms. The van der Waals surface area contributed by atoms with E-state index in [9.17, 15) is 0 Å². The number of hydrogen-bond donors (Lipinski definition) is 2. The van der Waals surface area contributed by atoms with E-state index in [-0.39, 0.29) is 24.9 Å². The van der Waals surface area contributed by atoms with Crippen LogP contribution in [0.25, 0.3) is 0 Å². The van der Waals surface area contributed by atoms with E-state index in [0.29, 0.717) is 13.2 Å². The summed E-state index contributed by atoms with van der Waals surface area (Å²) in [5.41, 5.74) is 5.89. The molecule has 0 aliphatic rings. The van der Waals surface area contributed by atoms with Crippen molar-refractivity contribution < 1.29 is 14.6 Å². The first kappa shape index (κ1) is 14.8. The Morgan fingerprint density at radius 3 is 2.47 bits per heavy atom. The van der Waals surface area contributed by atoms with Gasteiger partial charge in [-0.25, -0.2) is 0 Å². The Morgan fingerprint density at radius 1 is 1.33 bits per heavy atom. The van der Waals surface area contributed by atoms with Crippen LogP contribution in [0.1, 0.15) is 33.6 Å². The largest absolute Gasteiger partial charge is 0.394 e. The summed E-state index contributed by atoms with van der Waals surface area (Å²) in [5.74, 6) is 0. The smallest absolute Gasteiger partial charge is 0.0960 e. The number of ether oxygens (including phenoxy) is 2. The molecule has 0 aromatic carbocycles. The van der Waals surface area contributed by atoms with Crippen molar-refractivity contribution in [3.8, 4) is 0 Å². The number of aliphatic hydroxyl groups is 1. The predicted molar refractivity (Wildman–Crippen MR) is 60.8 cm³/mol. The van der Waals surface area contributed by atoms with Crippen molar-refractivity contribution in [2.24, 2.45) is 5.73 Å². The maximum Gasteiger partial charge on any atom is 0.0960 e. The highest BCUT2D eigenvalue weighted by Gasteiger charge is 2.19. The molecular formula is C11H25NO3. The summed E-state index contributed by atoms with van der Waals surface area (Å²) in [6.45, 7) is 7.13. The zero-order chi connectivity index (χ0) is 11.7. The molecule has 0 radical (unpaired) electrons. The van der Waals surface area contributed by atoms with Gasteiger partial charge in [0.1, 0.15) is 0 Å². The van der Waals surface area contributed by atoms with Gasteiger partial charge in [-0.15, -0.1) is 0 Å². The van der Waals surface area contributed by atoms with E-state index < -0.39 is 0 Å². The second kappa shape index (κ2) is 9.09. The van der Waals surface area contributed by atoms with Crippen LogP contribution in [0.3, 0.4) is 0 Å². The fourth-order valence-corrected chi connectivity index (χ4v) is 1.42. The van der Waals surface area contributed by atoms with Crippen molar-refractivity contribution in [3.05, 3.63) is 0 Å². The zero-order valence-electron chi connectivity index (χ0n) is 10.1. The molecule has 3 N–H and O–H groups in total. The Kier molecular flexibility index (Phi) is 9.00. The normalized spacial score (nSPS) is 17.4. The number of hydrogen-bond acceptors (Lipinski definition) is 4. The lowest BCUT2D eigenvalue weighted by atomic mass is 10.1. The topological polar surface area (TPSA) is 64.7 Å². The molecule has 0 aromatic heterocycles. The third-order valence-electron chi connectivity index (χ3n) is 2.24. The highest BCUT2D eigenvalue weighted by Crippen LogP contribution is 2.07. The van der Waals surface area contributed by atoms with Crippen LogP contribution in [0.5, 0.6) is 0 Å². The van der Waals surface area contributed by atoms with E-state index in [1.165, 1.54) is 0 Å². The molecule has 0 rings (SSSR count). The van der Waals surface area contributed by atoms with Gasteiger partial charge >= 0.3 is 0 Å². The van der Waals surface area contributed by atoms with Gasteiger partial charge in [-0.05, 0) is 20.3 Å². The summed E-state index contributed by atoms with van der Waals surface area (Å²) in [7, 11) is 0. The quantitative estimate of drug-likeness (QED) is 0.605. The summed E-state index contributed by atoms with van der Waals surface area (Å²) >= 11 is 0. The van der Waals surface area contributed by atoms with Crippen molar-refractivity contribution in [2.45, 2.75) is 51.9 Å². The molecule has 0 aliphatic heterocycles. The monoisotopic (exact) mass is 219 g/mol. The fraction of sp³-hybridized carbons (Fsp3) is 1.00. The van der Waals surface area contributed by atoms with Gasteiger partial charge in [0, 0.05) is 12.6 Å². The van der Waals surface area contributed by atoms with Gasteiger partial charge in [-0.3, -0.25) is 0 Å². The van der Waals surface area contributed by atoms with Crippen LogP contribution in [0.2, 0.25) is 0 Å². The molecule has 0 saturated heterocycles. The summed E-state index contributed by atoms with van der Waals surface area (Å²) in [5, 5.41) is 9.15. The summed E-state index contributed by atoms with van der Waals surface area (Å²) in [4.78, 5) is 0. The predicted octanol–water partition coefficient (Wildman–Crippen LogP) is 0.916. The molecule has 0 amide bonds. The molecule has 4 nitrogen and oxygen atoms in total. The fourth-order valence-electron chi connectivity index (χ4n) is 1.42. The van der Waals surface area contributed by atoms with E-state index >= 15 is 0 Å². The van der Waals surface area contributed by atoms with E-state index in [4.69, 9.17) is 20.3 Å². The Morgan fingerprint density at radius 2 is 2.00 bits per heavy atom. The molecule has 0 heterocycles. The van der Waals surface area contributed by atoms with Crippen LogP contribution in [0.15, 0.2) is 0 Å². The Hall–Kier alpha value is -0.160. The van der Waals surface area contributed by atoms with Crippen molar-refractivity contribution in [3.63, 3.8) is 0 Å². The standard InChI is InChI=1S/C11H25NO3/c1-4-6-10(12)11(7-13)15-9(3)8-14-5-2/h9-11,13H,4-8,12H2,1-3H3. The average Bonchev–Trinajstić information content (AvgIpc) is 2.23. The van der Waals surface area contributed by atoms with Crippen molar-refractivity contribution in [2.75, 3.05) is 19.8 Å². The molecule has 0 aromatic rings. The Labute approximate surface area is 92.7 Å². The zero-order valence-corrected chi connectivity index (χ0v) is 10.1. The first-order valence-electron chi connectivity index (χ1n) is 5.75. The molecule has 0 saturated carbocycles. The van der Waals surface area contributed by atoms with Crippen molar-refractivity contribution in [1.29, 1.82) is 0 Å². The number of rotatable bonds is 9. The molecule has 0 fully saturated rings. The van der Waals surface area contributed by atoms with Gasteiger partial charge in [0.25, 0.3) is 0 Å². The third kappa shape index (κ3) is 6.84. The van der Waals surface area contributed by atoms with Gasteiger partial charge in [-0.2, -0.15) is 0 Å². The minimum atomic E-state index is -0.277. The number of aliphatic hydroxyl groups excluding tert-OH is 1. The Bertz CT molecular complexity index is 144. The molecule has 92 valence electrons. The van der Waals surface area contributed by atoms with E-state index in [2.05, 4.69) is 6.92 Å². The molecule has 0 bridgehead atoms. The van der Waals surface area contributed by atoms with E-state index in [0.717, 1.165) is 12.8 Å². The maximum absolute atomic E-state index is 9.15. The van der Waals surface area contributed by atoms with Gasteiger partial charge in [0.15, 0.2) is 0 Å². The van der Waals surface area contributed by atoms with Crippen molar-refractivity contribution in [1.82, 2.24) is 0 Å². The molecule has 0 aliphatic carbocycles. The van der Waals surface area contributed by atoms with Gasteiger partial charge in [0.05, 0.1) is 25.4 Å². The third-order valence-corrected chi connectivity index (χ3v) is 2.24. The first-order chi connectivity index (χ1) is 7.15. The van der Waals surface area contributed by atoms with Crippen LogP contribution in [0, 0.1) is 0 Å². The Balaban J connectivity index is 3.85. The second-order valence-corrected chi connectivity index (χ2v) is 3.78. The lowest BCUT2D eigenvalue weighted by Crippen LogP contribution is -2.41. The lowest BCUT2D eigenvalue weighted by molar-refractivity contribution is -0.0743. The summed E-state index contributed by atoms with van der Waals surface area (Å²) < 4.78 is 10.8. The minimum absolute atomic E-state index is 0.0231. The first-order valence-corrected chi connectivity index (χ1v) is 5.75. The summed E-state index contributed by atoms with van der Waals surface area (Å²) in [6, 6.07) is -0.0934. The maximum atomic E-state index is 9.15. The summed E-state index contributed by atoms with van der Waals surface area (Å²) in [6.07, 6.45) is 1.57. The average molecular weight is 219 g/mol. The second-order valence-electron chi connectivity index (χ2n) is 3.78. The highest BCUT2D eigenvalue weighted by molar-refractivity contribution is 4.73. The van der Waals surface area contributed by atoms with Crippen LogP contribution in [0.4, 0.5) is 0 Å². The van der Waals surface area contributed by atoms with Crippen LogP contribution in [-0.4, -0.2) is 43.2 Å².